The van der Waals surface area contributed by atoms with Gasteiger partial charge >= 0.3 is 0 Å². The third-order valence-corrected chi connectivity index (χ3v) is 7.69. The van der Waals surface area contributed by atoms with Gasteiger partial charge in [0.05, 0.1) is 12.2 Å². The van der Waals surface area contributed by atoms with Gasteiger partial charge in [0, 0.05) is 41.8 Å². The Kier molecular flexibility index (Phi) is 7.21. The van der Waals surface area contributed by atoms with Crippen LogP contribution in [0.15, 0.2) is 46.7 Å². The molecule has 1 N–H and O–H groups in total. The standard InChI is InChI=1S/C27H24F3N5O3S/c1-3-21(16-8-18(29)10-19(30)9-16)35-23(25-32-14(2)13-39-25)33-24(36)22(27(35)38)26(37)34-7-6-15(12-34)20-5-4-17(28)11-31-20/h4-5,8-11,13,15,21,38H,3,6-7,12H2,1-2H3. The quantitative estimate of drug-likeness (QED) is 0.366. The summed E-state index contributed by atoms with van der Waals surface area (Å²) in [6, 6.07) is 4.97. The zero-order chi connectivity index (χ0) is 27.8. The summed E-state index contributed by atoms with van der Waals surface area (Å²) in [7, 11) is 0. The monoisotopic (exact) mass is 555 g/mol. The molecule has 2 unspecified atom stereocenters. The van der Waals surface area contributed by atoms with Crippen molar-refractivity contribution in [2.45, 2.75) is 38.6 Å². The minimum absolute atomic E-state index is 0.0153. The molecule has 202 valence electrons. The number of hydrogen-bond acceptors (Lipinski definition) is 7. The van der Waals surface area contributed by atoms with Crippen molar-refractivity contribution in [3.05, 3.63) is 92.2 Å². The molecule has 1 aliphatic rings. The molecule has 1 aromatic carbocycles. The number of aromatic nitrogens is 4. The fourth-order valence-electron chi connectivity index (χ4n) is 4.92. The van der Waals surface area contributed by atoms with Gasteiger partial charge in [-0.05, 0) is 49.6 Å². The van der Waals surface area contributed by atoms with Crippen LogP contribution >= 0.6 is 11.3 Å². The molecule has 2 atom stereocenters. The van der Waals surface area contributed by atoms with E-state index in [1.807, 2.05) is 0 Å². The van der Waals surface area contributed by atoms with E-state index in [-0.39, 0.29) is 36.8 Å². The summed E-state index contributed by atoms with van der Waals surface area (Å²) in [5.41, 5.74) is -0.0412. The number of carbonyl (C=O) groups excluding carboxylic acids is 1. The van der Waals surface area contributed by atoms with Crippen LogP contribution in [0.3, 0.4) is 0 Å². The third-order valence-electron chi connectivity index (χ3n) is 6.74. The van der Waals surface area contributed by atoms with E-state index < -0.39 is 46.4 Å². The Bertz CT molecular complexity index is 1590. The Balaban J connectivity index is 1.60. The van der Waals surface area contributed by atoms with Crippen molar-refractivity contribution in [2.24, 2.45) is 0 Å². The predicted octanol–water partition coefficient (Wildman–Crippen LogP) is 4.82. The smallest absolute Gasteiger partial charge is 0.290 e. The van der Waals surface area contributed by atoms with Crippen LogP contribution in [-0.2, 0) is 0 Å². The molecule has 1 aliphatic heterocycles. The number of amides is 1. The van der Waals surface area contributed by atoms with E-state index in [2.05, 4.69) is 15.0 Å². The SMILES string of the molecule is CCC(c1cc(F)cc(F)c1)n1c(-c2nc(C)cs2)nc(=O)c(C(=O)N2CCC(c3ccc(F)cn3)C2)c1O. The second-order valence-corrected chi connectivity index (χ2v) is 10.2. The van der Waals surface area contributed by atoms with E-state index >= 15 is 0 Å². The highest BCUT2D eigenvalue weighted by Gasteiger charge is 2.35. The first-order valence-electron chi connectivity index (χ1n) is 12.3. The van der Waals surface area contributed by atoms with Crippen LogP contribution in [0.4, 0.5) is 13.2 Å². The number of thiazole rings is 1. The topological polar surface area (TPSA) is 101 Å². The van der Waals surface area contributed by atoms with Crippen molar-refractivity contribution in [3.63, 3.8) is 0 Å². The fraction of sp³-hybridized carbons (Fsp3) is 0.296. The van der Waals surface area contributed by atoms with Gasteiger partial charge in [-0.2, -0.15) is 4.98 Å². The number of hydrogen-bond donors (Lipinski definition) is 1. The van der Waals surface area contributed by atoms with E-state index in [1.165, 1.54) is 26.9 Å². The van der Waals surface area contributed by atoms with Crippen molar-refractivity contribution < 1.29 is 23.1 Å². The van der Waals surface area contributed by atoms with Crippen molar-refractivity contribution >= 4 is 17.2 Å². The molecule has 39 heavy (non-hydrogen) atoms. The summed E-state index contributed by atoms with van der Waals surface area (Å²) < 4.78 is 42.9. The first-order chi connectivity index (χ1) is 18.7. The van der Waals surface area contributed by atoms with Gasteiger partial charge in [-0.3, -0.25) is 19.1 Å². The summed E-state index contributed by atoms with van der Waals surface area (Å²) in [5, 5.41) is 13.5. The van der Waals surface area contributed by atoms with Gasteiger partial charge < -0.3 is 10.0 Å². The molecule has 1 saturated heterocycles. The second kappa shape index (κ2) is 10.6. The minimum Gasteiger partial charge on any atom is -0.494 e. The maximum atomic E-state index is 14.2. The highest BCUT2D eigenvalue weighted by atomic mass is 32.1. The molecule has 0 spiro atoms. The lowest BCUT2D eigenvalue weighted by Crippen LogP contribution is -2.35. The number of carbonyl (C=O) groups is 1. The number of rotatable bonds is 6. The van der Waals surface area contributed by atoms with Crippen LogP contribution in [0, 0.1) is 24.4 Å². The Morgan fingerprint density at radius 3 is 2.51 bits per heavy atom. The molecule has 0 radical (unpaired) electrons. The summed E-state index contributed by atoms with van der Waals surface area (Å²) in [4.78, 5) is 40.8. The maximum absolute atomic E-state index is 14.2. The first kappa shape index (κ1) is 26.5. The number of aromatic hydroxyl groups is 1. The van der Waals surface area contributed by atoms with Gasteiger partial charge in [0.15, 0.2) is 16.4 Å². The van der Waals surface area contributed by atoms with E-state index in [0.717, 1.165) is 24.4 Å². The minimum atomic E-state index is -0.944. The Morgan fingerprint density at radius 2 is 1.90 bits per heavy atom. The number of pyridine rings is 1. The summed E-state index contributed by atoms with van der Waals surface area (Å²) in [5.74, 6) is -3.68. The molecule has 8 nitrogen and oxygen atoms in total. The average molecular weight is 556 g/mol. The number of halogens is 3. The lowest BCUT2D eigenvalue weighted by atomic mass is 10.0. The zero-order valence-electron chi connectivity index (χ0n) is 21.1. The van der Waals surface area contributed by atoms with Crippen LogP contribution in [0.1, 0.15) is 59.0 Å². The lowest BCUT2D eigenvalue weighted by Gasteiger charge is -2.25. The Labute approximate surface area is 225 Å². The lowest BCUT2D eigenvalue weighted by molar-refractivity contribution is 0.0783. The normalized spacial score (nSPS) is 16.0. The molecule has 0 aliphatic carbocycles. The van der Waals surface area contributed by atoms with Gasteiger partial charge in [-0.25, -0.2) is 18.2 Å². The molecule has 12 heteroatoms. The molecule has 5 rings (SSSR count). The summed E-state index contributed by atoms with van der Waals surface area (Å²) in [6.07, 6.45) is 1.88. The van der Waals surface area contributed by atoms with Gasteiger partial charge in [-0.15, -0.1) is 11.3 Å². The second-order valence-electron chi connectivity index (χ2n) is 9.37. The number of nitrogens with zero attached hydrogens (tertiary/aromatic N) is 5. The molecule has 4 heterocycles. The van der Waals surface area contributed by atoms with Crippen LogP contribution in [0.5, 0.6) is 5.88 Å². The van der Waals surface area contributed by atoms with Crippen LogP contribution < -0.4 is 5.56 Å². The van der Waals surface area contributed by atoms with Crippen molar-refractivity contribution in [1.29, 1.82) is 0 Å². The molecular formula is C27H24F3N5O3S. The van der Waals surface area contributed by atoms with E-state index in [9.17, 15) is 27.9 Å². The summed E-state index contributed by atoms with van der Waals surface area (Å²) >= 11 is 1.18. The van der Waals surface area contributed by atoms with Gasteiger partial charge in [0.2, 0.25) is 5.88 Å². The third kappa shape index (κ3) is 5.16. The Morgan fingerprint density at radius 1 is 1.15 bits per heavy atom. The molecule has 0 bridgehead atoms. The largest absolute Gasteiger partial charge is 0.494 e. The Hall–Kier alpha value is -4.06. The van der Waals surface area contributed by atoms with Gasteiger partial charge in [0.1, 0.15) is 17.5 Å². The van der Waals surface area contributed by atoms with E-state index in [4.69, 9.17) is 0 Å². The van der Waals surface area contributed by atoms with Crippen LogP contribution in [-0.4, -0.2) is 48.5 Å². The zero-order valence-corrected chi connectivity index (χ0v) is 21.9. The summed E-state index contributed by atoms with van der Waals surface area (Å²) in [6.45, 7) is 3.97. The molecule has 4 aromatic rings. The highest BCUT2D eigenvalue weighted by molar-refractivity contribution is 7.13. The van der Waals surface area contributed by atoms with Gasteiger partial charge in [-0.1, -0.05) is 6.92 Å². The van der Waals surface area contributed by atoms with Crippen LogP contribution in [0.25, 0.3) is 10.8 Å². The highest BCUT2D eigenvalue weighted by Crippen LogP contribution is 2.36. The first-order valence-corrected chi connectivity index (χ1v) is 13.2. The predicted molar refractivity (Wildman–Crippen MR) is 138 cm³/mol. The molecule has 1 fully saturated rings. The van der Waals surface area contributed by atoms with Crippen LogP contribution in [0.2, 0.25) is 0 Å². The maximum Gasteiger partial charge on any atom is 0.290 e. The molecular weight excluding hydrogens is 531 g/mol. The van der Waals surface area contributed by atoms with Gasteiger partial charge in [0.25, 0.3) is 11.5 Å². The molecule has 1 amide bonds. The fourth-order valence-corrected chi connectivity index (χ4v) is 5.70. The molecule has 3 aromatic heterocycles. The average Bonchev–Trinajstić information content (AvgIpc) is 3.55. The number of aryl methyl sites for hydroxylation is 1. The van der Waals surface area contributed by atoms with E-state index in [0.29, 0.717) is 22.8 Å². The van der Waals surface area contributed by atoms with E-state index in [1.54, 1.807) is 25.3 Å². The molecule has 0 saturated carbocycles. The van der Waals surface area contributed by atoms with Crippen molar-refractivity contribution in [3.8, 4) is 16.7 Å². The number of likely N-dealkylation sites (tertiary alicyclic amines) is 1. The van der Waals surface area contributed by atoms with Crippen molar-refractivity contribution in [2.75, 3.05) is 13.1 Å². The number of benzene rings is 1. The van der Waals surface area contributed by atoms with Crippen molar-refractivity contribution in [1.82, 2.24) is 24.4 Å².